The molecular weight excluding hydrogens is 471 g/mol. The highest BCUT2D eigenvalue weighted by molar-refractivity contribution is 5.65. The van der Waals surface area contributed by atoms with Crippen LogP contribution < -0.4 is 4.74 Å². The van der Waals surface area contributed by atoms with E-state index in [4.69, 9.17) is 4.74 Å². The van der Waals surface area contributed by atoms with Gasteiger partial charge in [-0.2, -0.15) is 13.2 Å². The van der Waals surface area contributed by atoms with Gasteiger partial charge in [-0.25, -0.2) is 4.79 Å². The number of nitrogens with zero attached hydrogens (tertiary/aromatic N) is 3. The molecule has 2 aromatic rings. The first-order chi connectivity index (χ1) is 16.3. The van der Waals surface area contributed by atoms with Gasteiger partial charge in [0.15, 0.2) is 0 Å². The fraction of sp³-hybridized carbons (Fsp3) is 0.435. The number of hydrogen-bond donors (Lipinski definition) is 2. The van der Waals surface area contributed by atoms with Gasteiger partial charge in [-0.1, -0.05) is 18.2 Å². The second kappa shape index (κ2) is 10.1. The van der Waals surface area contributed by atoms with Crippen LogP contribution in [0.25, 0.3) is 0 Å². The van der Waals surface area contributed by atoms with Gasteiger partial charge in [-0.05, 0) is 38.5 Å². The summed E-state index contributed by atoms with van der Waals surface area (Å²) in [6, 6.07) is 8.97. The Morgan fingerprint density at radius 1 is 1.17 bits per heavy atom. The molecule has 3 rings (SSSR count). The maximum absolute atomic E-state index is 14.3. The summed E-state index contributed by atoms with van der Waals surface area (Å²) in [5, 5.41) is 30.7. The molecule has 1 amide bonds. The molecular formula is C23H26F3N3O6. The maximum Gasteiger partial charge on any atom is 0.420 e. The van der Waals surface area contributed by atoms with E-state index in [2.05, 4.69) is 0 Å². The predicted octanol–water partition coefficient (Wildman–Crippen LogP) is 4.38. The fourth-order valence-electron chi connectivity index (χ4n) is 4.33. The van der Waals surface area contributed by atoms with Gasteiger partial charge in [-0.3, -0.25) is 15.0 Å². The molecule has 1 fully saturated rings. The first-order valence-corrected chi connectivity index (χ1v) is 10.8. The van der Waals surface area contributed by atoms with Crippen molar-refractivity contribution < 1.29 is 37.8 Å². The monoisotopic (exact) mass is 497 g/mol. The Morgan fingerprint density at radius 3 is 2.37 bits per heavy atom. The molecule has 2 aromatic carbocycles. The Kier molecular flexibility index (Phi) is 7.56. The number of ether oxygens (including phenoxy) is 1. The minimum atomic E-state index is -4.95. The van der Waals surface area contributed by atoms with E-state index in [1.54, 1.807) is 36.9 Å². The molecule has 0 spiro atoms. The van der Waals surface area contributed by atoms with Gasteiger partial charge in [0.2, 0.25) is 0 Å². The topological polar surface area (TPSA) is 116 Å². The van der Waals surface area contributed by atoms with E-state index >= 15 is 0 Å². The van der Waals surface area contributed by atoms with Crippen molar-refractivity contribution in [3.05, 3.63) is 63.7 Å². The number of nitro groups is 1. The molecule has 0 aliphatic carbocycles. The van der Waals surface area contributed by atoms with Crippen molar-refractivity contribution in [2.75, 3.05) is 26.2 Å². The number of rotatable bonds is 7. The van der Waals surface area contributed by atoms with E-state index in [0.717, 1.165) is 17.0 Å². The van der Waals surface area contributed by atoms with Crippen molar-refractivity contribution in [3.63, 3.8) is 0 Å². The fourth-order valence-corrected chi connectivity index (χ4v) is 4.33. The summed E-state index contributed by atoms with van der Waals surface area (Å²) >= 11 is 0. The summed E-state index contributed by atoms with van der Waals surface area (Å²) in [5.41, 5.74) is -3.49. The number of piperazine rings is 1. The first kappa shape index (κ1) is 26.2. The molecule has 0 bridgehead atoms. The van der Waals surface area contributed by atoms with Crippen LogP contribution in [0.2, 0.25) is 0 Å². The molecule has 2 N–H and O–H groups in total. The number of benzene rings is 2. The molecule has 1 saturated heterocycles. The highest BCUT2D eigenvalue weighted by Crippen LogP contribution is 2.45. The van der Waals surface area contributed by atoms with Gasteiger partial charge >= 0.3 is 12.3 Å². The number of aliphatic hydroxyl groups excluding tert-OH is 1. The highest BCUT2D eigenvalue weighted by Gasteiger charge is 2.44. The molecule has 0 saturated carbocycles. The number of aliphatic hydroxyl groups is 1. The Labute approximate surface area is 199 Å². The highest BCUT2D eigenvalue weighted by atomic mass is 19.4. The van der Waals surface area contributed by atoms with Crippen LogP contribution in [0.3, 0.4) is 0 Å². The average molecular weight is 497 g/mol. The SMILES string of the molecule is CC(C)(Cc1c([N+](=O)[O-])ccc(Oc2ccccc2)c1C(F)(F)F)N1CCN(C(=O)O)[C@@H](CO)C1. The zero-order valence-electron chi connectivity index (χ0n) is 19.2. The van der Waals surface area contributed by atoms with E-state index in [1.165, 1.54) is 12.1 Å². The average Bonchev–Trinajstić information content (AvgIpc) is 2.78. The van der Waals surface area contributed by atoms with Gasteiger partial charge < -0.3 is 19.8 Å². The lowest BCUT2D eigenvalue weighted by Crippen LogP contribution is -2.61. The minimum absolute atomic E-state index is 0.0371. The second-order valence-corrected chi connectivity index (χ2v) is 8.85. The van der Waals surface area contributed by atoms with E-state index in [0.29, 0.717) is 0 Å². The number of amides is 1. The third kappa shape index (κ3) is 5.82. The molecule has 1 heterocycles. The van der Waals surface area contributed by atoms with Crippen LogP contribution in [-0.2, 0) is 12.6 Å². The van der Waals surface area contributed by atoms with Crippen molar-refractivity contribution in [2.24, 2.45) is 0 Å². The molecule has 0 unspecified atom stereocenters. The van der Waals surface area contributed by atoms with Crippen LogP contribution >= 0.6 is 0 Å². The molecule has 0 aromatic heterocycles. The largest absolute Gasteiger partial charge is 0.465 e. The van der Waals surface area contributed by atoms with Gasteiger partial charge in [-0.15, -0.1) is 0 Å². The first-order valence-electron chi connectivity index (χ1n) is 10.8. The Morgan fingerprint density at radius 2 is 1.83 bits per heavy atom. The van der Waals surface area contributed by atoms with Crippen LogP contribution in [0, 0.1) is 10.1 Å². The number of nitro benzene ring substituents is 1. The third-order valence-corrected chi connectivity index (χ3v) is 6.11. The number of para-hydroxylation sites is 1. The molecule has 1 aliphatic rings. The summed E-state index contributed by atoms with van der Waals surface area (Å²) in [4.78, 5) is 25.1. The quantitative estimate of drug-likeness (QED) is 0.431. The van der Waals surface area contributed by atoms with Gasteiger partial charge in [0, 0.05) is 36.8 Å². The molecule has 12 heteroatoms. The van der Waals surface area contributed by atoms with Crippen LogP contribution in [0.1, 0.15) is 25.0 Å². The Bertz CT molecular complexity index is 1080. The molecule has 0 radical (unpaired) electrons. The smallest absolute Gasteiger partial charge is 0.420 e. The van der Waals surface area contributed by atoms with Gasteiger partial charge in [0.25, 0.3) is 5.69 Å². The molecule has 190 valence electrons. The summed E-state index contributed by atoms with van der Waals surface area (Å²) in [5.74, 6) is -0.406. The molecule has 9 nitrogen and oxygen atoms in total. The standard InChI is InChI=1S/C23H26F3N3O6/c1-22(2,27-10-11-28(21(31)32)15(13-27)14-30)12-17-18(29(33)34)8-9-19(20(17)23(24,25)26)35-16-6-4-3-5-7-16/h3-9,15,30H,10-14H2,1-2H3,(H,31,32)/t15-/m1/s1. The van der Waals surface area contributed by atoms with E-state index in [-0.39, 0.29) is 31.8 Å². The lowest BCUT2D eigenvalue weighted by molar-refractivity contribution is -0.386. The van der Waals surface area contributed by atoms with Crippen molar-refractivity contribution >= 4 is 11.8 Å². The second-order valence-electron chi connectivity index (χ2n) is 8.85. The minimum Gasteiger partial charge on any atom is -0.465 e. The summed E-state index contributed by atoms with van der Waals surface area (Å²) in [7, 11) is 0. The van der Waals surface area contributed by atoms with Crippen LogP contribution in [0.4, 0.5) is 23.7 Å². The summed E-state index contributed by atoms with van der Waals surface area (Å²) < 4.78 is 48.4. The van der Waals surface area contributed by atoms with Crippen LogP contribution in [-0.4, -0.2) is 68.9 Å². The summed E-state index contributed by atoms with van der Waals surface area (Å²) in [6.07, 6.45) is -6.52. The lowest BCUT2D eigenvalue weighted by atomic mass is 9.87. The number of carbonyl (C=O) groups is 1. The third-order valence-electron chi connectivity index (χ3n) is 6.11. The van der Waals surface area contributed by atoms with Crippen molar-refractivity contribution in [1.29, 1.82) is 0 Å². The zero-order chi connectivity index (χ0) is 26.0. The number of hydrogen-bond acceptors (Lipinski definition) is 6. The normalized spacial score (nSPS) is 17.3. The molecule has 1 aliphatic heterocycles. The molecule has 1 atom stereocenters. The maximum atomic E-state index is 14.3. The Balaban J connectivity index is 2.04. The number of alkyl halides is 3. The number of carboxylic acid groups (broad SMARTS) is 1. The summed E-state index contributed by atoms with van der Waals surface area (Å²) in [6.45, 7) is 3.08. The molecule has 35 heavy (non-hydrogen) atoms. The predicted molar refractivity (Wildman–Crippen MR) is 120 cm³/mol. The lowest BCUT2D eigenvalue weighted by Gasteiger charge is -2.47. The Hall–Kier alpha value is -3.38. The van der Waals surface area contributed by atoms with Gasteiger partial charge in [0.05, 0.1) is 17.6 Å². The van der Waals surface area contributed by atoms with Crippen molar-refractivity contribution in [3.8, 4) is 11.5 Å². The zero-order valence-corrected chi connectivity index (χ0v) is 19.2. The van der Waals surface area contributed by atoms with E-state index < -0.39 is 57.9 Å². The van der Waals surface area contributed by atoms with Gasteiger partial charge in [0.1, 0.15) is 17.1 Å². The van der Waals surface area contributed by atoms with Crippen LogP contribution in [0.15, 0.2) is 42.5 Å². The van der Waals surface area contributed by atoms with E-state index in [1.807, 2.05) is 0 Å². The van der Waals surface area contributed by atoms with Crippen molar-refractivity contribution in [1.82, 2.24) is 9.80 Å². The van der Waals surface area contributed by atoms with Crippen molar-refractivity contribution in [2.45, 2.75) is 38.0 Å². The van der Waals surface area contributed by atoms with E-state index in [9.17, 15) is 38.3 Å². The number of halogens is 3. The van der Waals surface area contributed by atoms with Crippen LogP contribution in [0.5, 0.6) is 11.5 Å².